The minimum Gasteiger partial charge on any atom is -0.477 e. The Morgan fingerprint density at radius 1 is 1.55 bits per heavy atom. The van der Waals surface area contributed by atoms with Gasteiger partial charge in [-0.05, 0) is 6.07 Å². The average molecular weight is 300 g/mol. The Labute approximate surface area is 114 Å². The first kappa shape index (κ1) is 14.2. The smallest absolute Gasteiger partial charge is 0.352 e. The van der Waals surface area contributed by atoms with Gasteiger partial charge in [0.05, 0.1) is 0 Å². The van der Waals surface area contributed by atoms with Crippen molar-refractivity contribution in [2.24, 2.45) is 7.05 Å². The summed E-state index contributed by atoms with van der Waals surface area (Å²) in [6.45, 7) is 0.0713. The summed E-state index contributed by atoms with van der Waals surface area (Å²) in [7, 11) is -2.31. The number of nitrogens with zero attached hydrogens (tertiary/aromatic N) is 3. The molecule has 0 aliphatic carbocycles. The molecular weight excluding hydrogens is 288 g/mol. The first-order valence-corrected chi connectivity index (χ1v) is 7.03. The molecule has 2 rings (SSSR count). The van der Waals surface area contributed by atoms with Gasteiger partial charge in [-0.3, -0.25) is 0 Å². The number of sulfonamides is 1. The van der Waals surface area contributed by atoms with Crippen LogP contribution in [0.3, 0.4) is 0 Å². The minimum atomic E-state index is -3.77. The van der Waals surface area contributed by atoms with Gasteiger partial charge in [0.15, 0.2) is 6.33 Å². The van der Waals surface area contributed by atoms with Crippen LogP contribution in [0.15, 0.2) is 28.0 Å². The first-order chi connectivity index (χ1) is 9.40. The third-order valence-corrected chi connectivity index (χ3v) is 3.98. The van der Waals surface area contributed by atoms with E-state index in [-0.39, 0.29) is 23.6 Å². The third-order valence-electron chi connectivity index (χ3n) is 2.55. The molecule has 2 N–H and O–H groups in total. The van der Waals surface area contributed by atoms with Crippen molar-refractivity contribution in [2.75, 3.05) is 6.54 Å². The van der Waals surface area contributed by atoms with Crippen molar-refractivity contribution in [1.29, 1.82) is 0 Å². The van der Waals surface area contributed by atoms with Crippen molar-refractivity contribution >= 4 is 16.0 Å². The highest BCUT2D eigenvalue weighted by molar-refractivity contribution is 7.89. The van der Waals surface area contributed by atoms with E-state index in [0.29, 0.717) is 5.89 Å². The van der Waals surface area contributed by atoms with E-state index in [9.17, 15) is 13.2 Å². The summed E-state index contributed by atoms with van der Waals surface area (Å²) in [5.74, 6) is -0.883. The van der Waals surface area contributed by atoms with Gasteiger partial charge in [-0.25, -0.2) is 17.9 Å². The summed E-state index contributed by atoms with van der Waals surface area (Å²) in [6, 6.07) is 1.09. The molecule has 10 heteroatoms. The highest BCUT2D eigenvalue weighted by Crippen LogP contribution is 2.13. The summed E-state index contributed by atoms with van der Waals surface area (Å²) in [4.78, 5) is 14.5. The molecule has 2 heterocycles. The van der Waals surface area contributed by atoms with Gasteiger partial charge < -0.3 is 14.2 Å². The van der Waals surface area contributed by atoms with Crippen molar-refractivity contribution in [2.45, 2.75) is 11.3 Å². The van der Waals surface area contributed by atoms with E-state index < -0.39 is 16.0 Å². The Hall–Kier alpha value is -2.20. The van der Waals surface area contributed by atoms with Gasteiger partial charge in [-0.1, -0.05) is 5.16 Å². The predicted octanol–water partition coefficient (Wildman–Crippen LogP) is -0.373. The van der Waals surface area contributed by atoms with Crippen LogP contribution in [0.4, 0.5) is 0 Å². The maximum atomic E-state index is 12.0. The maximum absolute atomic E-state index is 12.0. The lowest BCUT2D eigenvalue weighted by molar-refractivity contribution is 0.0686. The molecule has 0 radical (unpaired) electrons. The number of aromatic nitrogens is 3. The van der Waals surface area contributed by atoms with Crippen molar-refractivity contribution < 1.29 is 22.8 Å². The van der Waals surface area contributed by atoms with E-state index in [1.54, 1.807) is 0 Å². The predicted molar refractivity (Wildman–Crippen MR) is 65.6 cm³/mol. The topological polar surface area (TPSA) is 127 Å². The monoisotopic (exact) mass is 300 g/mol. The molecule has 0 fully saturated rings. The van der Waals surface area contributed by atoms with Crippen molar-refractivity contribution in [3.8, 4) is 0 Å². The number of carboxylic acids is 1. The van der Waals surface area contributed by atoms with Gasteiger partial charge >= 0.3 is 5.97 Å². The van der Waals surface area contributed by atoms with Crippen LogP contribution in [0, 0.1) is 0 Å². The Morgan fingerprint density at radius 3 is 2.85 bits per heavy atom. The summed E-state index contributed by atoms with van der Waals surface area (Å²) in [5, 5.41) is 12.3. The first-order valence-electron chi connectivity index (χ1n) is 5.55. The van der Waals surface area contributed by atoms with Gasteiger partial charge in [0, 0.05) is 26.2 Å². The lowest BCUT2D eigenvalue weighted by Gasteiger charge is -2.02. The van der Waals surface area contributed by atoms with Gasteiger partial charge in [-0.15, -0.1) is 0 Å². The molecule has 9 nitrogen and oxygen atoms in total. The molecule has 20 heavy (non-hydrogen) atoms. The SMILES string of the molecule is Cn1cc(S(=O)(=O)NCCc2ncno2)cc1C(=O)O. The second-order valence-corrected chi connectivity index (χ2v) is 5.73. The summed E-state index contributed by atoms with van der Waals surface area (Å²) in [5.41, 5.74) is -0.109. The van der Waals surface area contributed by atoms with Crippen LogP contribution in [-0.4, -0.2) is 40.7 Å². The van der Waals surface area contributed by atoms with E-state index in [4.69, 9.17) is 9.63 Å². The highest BCUT2D eigenvalue weighted by atomic mass is 32.2. The van der Waals surface area contributed by atoms with E-state index in [1.165, 1.54) is 24.1 Å². The molecule has 0 aromatic carbocycles. The molecule has 0 spiro atoms. The van der Waals surface area contributed by atoms with Crippen LogP contribution in [0.5, 0.6) is 0 Å². The molecule has 108 valence electrons. The van der Waals surface area contributed by atoms with E-state index in [1.807, 2.05) is 0 Å². The molecule has 2 aromatic rings. The second kappa shape index (κ2) is 5.43. The fourth-order valence-electron chi connectivity index (χ4n) is 1.58. The molecule has 0 saturated heterocycles. The zero-order valence-corrected chi connectivity index (χ0v) is 11.3. The maximum Gasteiger partial charge on any atom is 0.352 e. The van der Waals surface area contributed by atoms with Crippen molar-refractivity contribution in [3.05, 3.63) is 30.2 Å². The Bertz CT molecular complexity index is 704. The number of nitrogens with one attached hydrogen (secondary N) is 1. The number of aromatic carboxylic acids is 1. The van der Waals surface area contributed by atoms with E-state index in [2.05, 4.69) is 14.9 Å². The van der Waals surface area contributed by atoms with Crippen LogP contribution in [0.25, 0.3) is 0 Å². The van der Waals surface area contributed by atoms with Gasteiger partial charge in [0.25, 0.3) is 0 Å². The lowest BCUT2D eigenvalue weighted by Crippen LogP contribution is -2.25. The number of carboxylic acid groups (broad SMARTS) is 1. The minimum absolute atomic E-state index is 0.0713. The van der Waals surface area contributed by atoms with Gasteiger partial charge in [0.1, 0.15) is 10.6 Å². The Morgan fingerprint density at radius 2 is 2.30 bits per heavy atom. The quantitative estimate of drug-likeness (QED) is 0.744. The zero-order chi connectivity index (χ0) is 14.8. The van der Waals surface area contributed by atoms with Crippen LogP contribution in [-0.2, 0) is 23.5 Å². The molecule has 0 aliphatic rings. The number of carbonyl (C=O) groups is 1. The normalized spacial score (nSPS) is 11.7. The summed E-state index contributed by atoms with van der Waals surface area (Å²) in [6.07, 6.45) is 2.70. The lowest BCUT2D eigenvalue weighted by atomic mass is 10.4. The largest absolute Gasteiger partial charge is 0.477 e. The molecular formula is C10H12N4O5S. The van der Waals surface area contributed by atoms with Crippen LogP contribution in [0.2, 0.25) is 0 Å². The molecule has 0 bridgehead atoms. The summed E-state index contributed by atoms with van der Waals surface area (Å²) < 4.78 is 32.2. The van der Waals surface area contributed by atoms with E-state index in [0.717, 1.165) is 6.07 Å². The van der Waals surface area contributed by atoms with Crippen LogP contribution >= 0.6 is 0 Å². The second-order valence-electron chi connectivity index (χ2n) is 3.96. The zero-order valence-electron chi connectivity index (χ0n) is 10.5. The fourth-order valence-corrected chi connectivity index (χ4v) is 2.68. The summed E-state index contributed by atoms with van der Waals surface area (Å²) >= 11 is 0. The van der Waals surface area contributed by atoms with Gasteiger partial charge in [-0.2, -0.15) is 4.98 Å². The van der Waals surface area contributed by atoms with Crippen molar-refractivity contribution in [3.63, 3.8) is 0 Å². The average Bonchev–Trinajstić information content (AvgIpc) is 2.98. The fraction of sp³-hybridized carbons (Fsp3) is 0.300. The highest BCUT2D eigenvalue weighted by Gasteiger charge is 2.20. The molecule has 0 saturated carbocycles. The molecule has 2 aromatic heterocycles. The van der Waals surface area contributed by atoms with Crippen molar-refractivity contribution in [1.82, 2.24) is 19.4 Å². The standard InChI is InChI=1S/C10H12N4O5S/c1-14-5-7(4-8(14)10(15)16)20(17,18)13-3-2-9-11-6-12-19-9/h4-6,13H,2-3H2,1H3,(H,15,16). The molecule has 0 unspecified atom stereocenters. The molecule has 0 amide bonds. The van der Waals surface area contributed by atoms with Crippen LogP contribution in [0.1, 0.15) is 16.4 Å². The number of hydrogen-bond acceptors (Lipinski definition) is 6. The number of rotatable bonds is 6. The molecule has 0 atom stereocenters. The molecule has 0 aliphatic heterocycles. The number of aryl methyl sites for hydroxylation is 1. The van der Waals surface area contributed by atoms with Crippen LogP contribution < -0.4 is 4.72 Å². The Balaban J connectivity index is 2.06. The van der Waals surface area contributed by atoms with E-state index >= 15 is 0 Å². The third kappa shape index (κ3) is 3.03. The van der Waals surface area contributed by atoms with Gasteiger partial charge in [0.2, 0.25) is 15.9 Å². The number of hydrogen-bond donors (Lipinski definition) is 2. The Kier molecular flexibility index (Phi) is 3.86.